The average molecular weight is 467 g/mol. The van der Waals surface area contributed by atoms with Gasteiger partial charge in [0.2, 0.25) is 5.82 Å². The zero-order valence-electron chi connectivity index (χ0n) is 13.9. The number of nitrogens with zero attached hydrogens (tertiary/aromatic N) is 5. The second-order valence-corrected chi connectivity index (χ2v) is 9.32. The summed E-state index contributed by atoms with van der Waals surface area (Å²) in [6, 6.07) is -0.887. The molecule has 0 amide bonds. The van der Waals surface area contributed by atoms with E-state index in [1.165, 1.54) is 0 Å². The van der Waals surface area contributed by atoms with E-state index >= 15 is 0 Å². The van der Waals surface area contributed by atoms with Gasteiger partial charge in [0, 0.05) is 0 Å². The van der Waals surface area contributed by atoms with Crippen molar-refractivity contribution in [3.63, 3.8) is 0 Å². The van der Waals surface area contributed by atoms with Crippen LogP contribution in [0.15, 0.2) is 0 Å². The highest BCUT2D eigenvalue weighted by Crippen LogP contribution is 2.70. The Morgan fingerprint density at radius 2 is 1.90 bits per heavy atom. The third kappa shape index (κ3) is 1.86. The van der Waals surface area contributed by atoms with E-state index in [0.29, 0.717) is 0 Å². The number of phosphoric acid groups is 2. The minimum Gasteiger partial charge on any atom is -0.418 e. The van der Waals surface area contributed by atoms with Crippen molar-refractivity contribution in [3.05, 3.63) is 0 Å². The highest BCUT2D eigenvalue weighted by atomic mass is 31.2. The van der Waals surface area contributed by atoms with Gasteiger partial charge < -0.3 is 29.3 Å². The molecule has 7 rings (SSSR count). The number of rotatable bonds is 1. The van der Waals surface area contributed by atoms with E-state index in [0.717, 1.165) is 4.73 Å². The molecule has 5 aliphatic heterocycles. The van der Waals surface area contributed by atoms with Crippen LogP contribution >= 0.6 is 15.6 Å². The summed E-state index contributed by atoms with van der Waals surface area (Å²) in [5.41, 5.74) is -0.207. The largest absolute Gasteiger partial charge is 0.634 e. The summed E-state index contributed by atoms with van der Waals surface area (Å²) in [6.07, 6.45) is -3.42. The second-order valence-electron chi connectivity index (χ2n) is 6.50. The average Bonchev–Trinajstić information content (AvgIpc) is 3.24. The molecule has 0 saturated carbocycles. The molecule has 30 heavy (non-hydrogen) atoms. The molecule has 2 unspecified atom stereocenters. The SMILES string of the molecule is O=P12Oc3nc4nc5nc(c4n3O1)N(O2)OP1(=O)O[C@]2(O)O[C@H](CO)[C@@H](O)[C@]2(O5)O1. The van der Waals surface area contributed by atoms with Gasteiger partial charge in [0.15, 0.2) is 17.3 Å². The topological polar surface area (TPSA) is 216 Å². The molecule has 6 atom stereocenters. The number of aliphatic hydroxyl groups is 3. The van der Waals surface area contributed by atoms with Crippen LogP contribution in [0.1, 0.15) is 0 Å². The number of anilines is 1. The fraction of sp³-hybridized carbons (Fsp3) is 0.500. The third-order valence-electron chi connectivity index (χ3n) is 4.70. The van der Waals surface area contributed by atoms with Crippen molar-refractivity contribution in [2.75, 3.05) is 11.8 Å². The van der Waals surface area contributed by atoms with E-state index in [9.17, 15) is 24.4 Å². The van der Waals surface area contributed by atoms with Gasteiger partial charge in [0.25, 0.3) is 0 Å². The van der Waals surface area contributed by atoms with E-state index in [-0.39, 0.29) is 28.2 Å². The Hall–Kier alpha value is -2.11. The molecule has 3 N–H and O–H groups in total. The monoisotopic (exact) mass is 467 g/mol. The third-order valence-corrected chi connectivity index (χ3v) is 7.11. The summed E-state index contributed by atoms with van der Waals surface area (Å²) in [6.45, 7) is -0.793. The standard InChI is InChI=1S/C10H7N5O13P2/c16-1-2-4(17)9-10(18,21-2)25-30(20,24-9)28-15-6-3-5(11-7(13-6)22-9)12-8-14(3)26-29(19,23-8)27-15/h2,4,16-18H,1H2/t2-,4-,9+,10-,29?,30?/m1/s1. The first-order valence-corrected chi connectivity index (χ1v) is 11.0. The number of imidazole rings is 1. The van der Waals surface area contributed by atoms with Gasteiger partial charge in [-0.15, -0.1) is 14.0 Å². The van der Waals surface area contributed by atoms with Gasteiger partial charge in [0.1, 0.15) is 6.10 Å². The van der Waals surface area contributed by atoms with Gasteiger partial charge in [0.05, 0.1) is 6.61 Å². The van der Waals surface area contributed by atoms with Crippen molar-refractivity contribution >= 4 is 32.6 Å². The summed E-state index contributed by atoms with van der Waals surface area (Å²) in [5.74, 6) is -6.12. The van der Waals surface area contributed by atoms with Gasteiger partial charge in [-0.05, 0) is 0 Å². The lowest BCUT2D eigenvalue weighted by Crippen LogP contribution is -2.59. The fourth-order valence-corrected chi connectivity index (χ4v) is 6.07. The van der Waals surface area contributed by atoms with Gasteiger partial charge >= 0.3 is 39.4 Å². The highest BCUT2D eigenvalue weighted by Gasteiger charge is 2.81. The summed E-state index contributed by atoms with van der Waals surface area (Å²) in [4.78, 5) is 11.9. The summed E-state index contributed by atoms with van der Waals surface area (Å²) in [7, 11) is -9.32. The van der Waals surface area contributed by atoms with Crippen LogP contribution in [0.5, 0.6) is 12.0 Å². The molecule has 6 bridgehead atoms. The van der Waals surface area contributed by atoms with Crippen molar-refractivity contribution < 1.29 is 61.4 Å². The van der Waals surface area contributed by atoms with Crippen LogP contribution in [-0.2, 0) is 32.2 Å². The van der Waals surface area contributed by atoms with Crippen LogP contribution in [-0.4, -0.2) is 65.6 Å². The highest BCUT2D eigenvalue weighted by molar-refractivity contribution is 7.50. The fourth-order valence-electron chi connectivity index (χ4n) is 3.50. The lowest BCUT2D eigenvalue weighted by atomic mass is 10.1. The van der Waals surface area contributed by atoms with Crippen LogP contribution in [0.4, 0.5) is 5.82 Å². The van der Waals surface area contributed by atoms with Crippen LogP contribution < -0.4 is 19.1 Å². The molecule has 2 aromatic heterocycles. The van der Waals surface area contributed by atoms with Gasteiger partial charge in [-0.1, -0.05) is 5.23 Å². The van der Waals surface area contributed by atoms with E-state index in [4.69, 9.17) is 36.9 Å². The maximum absolute atomic E-state index is 13.1. The van der Waals surface area contributed by atoms with Crippen LogP contribution in [0, 0.1) is 0 Å². The van der Waals surface area contributed by atoms with Crippen molar-refractivity contribution in [1.82, 2.24) is 19.7 Å². The van der Waals surface area contributed by atoms with Gasteiger partial charge in [-0.2, -0.15) is 15.0 Å². The maximum atomic E-state index is 13.1. The smallest absolute Gasteiger partial charge is 0.418 e. The number of hydrogen-bond acceptors (Lipinski definition) is 17. The molecule has 5 aliphatic rings. The van der Waals surface area contributed by atoms with E-state index in [2.05, 4.69) is 15.0 Å². The molecular formula is C10H7N5O13P2. The van der Waals surface area contributed by atoms with E-state index in [1.807, 2.05) is 0 Å². The van der Waals surface area contributed by atoms with Crippen molar-refractivity contribution in [2.45, 2.75) is 24.0 Å². The molecule has 0 aromatic carbocycles. The summed E-state index contributed by atoms with van der Waals surface area (Å²) < 4.78 is 67.5. The molecular weight excluding hydrogens is 460 g/mol. The Morgan fingerprint density at radius 1 is 1.10 bits per heavy atom. The van der Waals surface area contributed by atoms with Crippen LogP contribution in [0.2, 0.25) is 0 Å². The number of phosphoric ester groups is 1. The number of hydrogen-bond donors (Lipinski definition) is 3. The summed E-state index contributed by atoms with van der Waals surface area (Å²) in [5, 5.41) is 31.0. The lowest BCUT2D eigenvalue weighted by Gasteiger charge is -2.30. The normalized spacial score (nSPS) is 44.8. The first-order chi connectivity index (χ1) is 14.2. The Bertz CT molecular complexity index is 1250. The Morgan fingerprint density at radius 3 is 2.70 bits per heavy atom. The van der Waals surface area contributed by atoms with Gasteiger partial charge in [-0.3, -0.25) is 4.62 Å². The van der Waals surface area contributed by atoms with Crippen molar-refractivity contribution in [2.24, 2.45) is 0 Å². The molecule has 18 nitrogen and oxygen atoms in total. The molecule has 0 aliphatic carbocycles. The molecule has 20 heteroatoms. The Kier molecular flexibility index (Phi) is 2.85. The predicted molar refractivity (Wildman–Crippen MR) is 80.8 cm³/mol. The molecule has 1 spiro atoms. The first kappa shape index (κ1) is 17.6. The molecule has 160 valence electrons. The van der Waals surface area contributed by atoms with E-state index in [1.54, 1.807) is 0 Å². The van der Waals surface area contributed by atoms with Crippen LogP contribution in [0.25, 0.3) is 11.2 Å². The van der Waals surface area contributed by atoms with Crippen LogP contribution in [0.3, 0.4) is 0 Å². The number of ether oxygens (including phenoxy) is 2. The maximum Gasteiger partial charge on any atom is 0.634 e. The Balaban J connectivity index is 1.50. The van der Waals surface area contributed by atoms with E-state index < -0.39 is 52.2 Å². The predicted octanol–water partition coefficient (Wildman–Crippen LogP) is -1.92. The number of aromatic nitrogens is 4. The number of aliphatic hydroxyl groups excluding tert-OH is 2. The molecule has 2 saturated heterocycles. The molecule has 7 heterocycles. The quantitative estimate of drug-likeness (QED) is 0.390. The summed E-state index contributed by atoms with van der Waals surface area (Å²) >= 11 is 0. The molecule has 0 radical (unpaired) electrons. The zero-order valence-corrected chi connectivity index (χ0v) is 15.7. The Labute approximate surface area is 162 Å². The molecule has 2 aromatic rings. The molecule has 2 fully saturated rings. The second kappa shape index (κ2) is 4.86. The minimum atomic E-state index is -4.93. The first-order valence-electron chi connectivity index (χ1n) is 8.06. The van der Waals surface area contributed by atoms with Crippen molar-refractivity contribution in [1.29, 1.82) is 0 Å². The lowest BCUT2D eigenvalue weighted by molar-refractivity contribution is -0.376. The van der Waals surface area contributed by atoms with Crippen molar-refractivity contribution in [3.8, 4) is 12.0 Å². The zero-order chi connectivity index (χ0) is 20.7. The van der Waals surface area contributed by atoms with Gasteiger partial charge in [-0.25, -0.2) is 18.2 Å². The number of fused-ring (bicyclic) bond motifs is 3. The minimum absolute atomic E-state index is 0.0673.